The lowest BCUT2D eigenvalue weighted by Crippen LogP contribution is -2.40. The highest BCUT2D eigenvalue weighted by atomic mass is 79.9. The van der Waals surface area contributed by atoms with Gasteiger partial charge in [0.25, 0.3) is 0 Å². The molecule has 1 aromatic rings. The molecule has 1 aliphatic carbocycles. The summed E-state index contributed by atoms with van der Waals surface area (Å²) in [6.45, 7) is 1.90. The standard InChI is InChI=1S/C13H18BrNO3S/c1-9-8-10(6-7-11(9)14)15-19(17,18)13-5-3-2-4-12(13)16/h6-8,12-13,15-16H,2-5H2,1H3. The zero-order valence-electron chi connectivity index (χ0n) is 10.8. The first-order valence-corrected chi connectivity index (χ1v) is 8.70. The summed E-state index contributed by atoms with van der Waals surface area (Å²) >= 11 is 3.38. The van der Waals surface area contributed by atoms with Crippen molar-refractivity contribution in [3.05, 3.63) is 28.2 Å². The minimum atomic E-state index is -3.53. The van der Waals surface area contributed by atoms with Gasteiger partial charge in [0.1, 0.15) is 5.25 Å². The average Bonchev–Trinajstić information content (AvgIpc) is 2.34. The Hall–Kier alpha value is -0.590. The molecule has 0 aliphatic heterocycles. The van der Waals surface area contributed by atoms with Crippen LogP contribution < -0.4 is 4.72 Å². The van der Waals surface area contributed by atoms with Crippen LogP contribution in [0.2, 0.25) is 0 Å². The third-order valence-corrected chi connectivity index (χ3v) is 6.24. The van der Waals surface area contributed by atoms with Crippen LogP contribution in [0.15, 0.2) is 22.7 Å². The first-order valence-electron chi connectivity index (χ1n) is 6.36. The van der Waals surface area contributed by atoms with Crippen LogP contribution in [-0.4, -0.2) is 24.9 Å². The highest BCUT2D eigenvalue weighted by Gasteiger charge is 2.34. The Labute approximate surface area is 122 Å². The number of aliphatic hydroxyl groups is 1. The number of nitrogens with one attached hydrogen (secondary N) is 1. The minimum Gasteiger partial charge on any atom is -0.392 e. The number of benzene rings is 1. The molecular weight excluding hydrogens is 330 g/mol. The van der Waals surface area contributed by atoms with Gasteiger partial charge in [-0.25, -0.2) is 8.42 Å². The number of aliphatic hydroxyl groups excluding tert-OH is 1. The van der Waals surface area contributed by atoms with Crippen molar-refractivity contribution < 1.29 is 13.5 Å². The molecule has 6 heteroatoms. The molecule has 0 bridgehead atoms. The number of anilines is 1. The van der Waals surface area contributed by atoms with Crippen molar-refractivity contribution in [2.45, 2.75) is 44.0 Å². The van der Waals surface area contributed by atoms with Gasteiger partial charge in [0.15, 0.2) is 0 Å². The fourth-order valence-corrected chi connectivity index (χ4v) is 4.27. The van der Waals surface area contributed by atoms with Crippen LogP contribution in [0.1, 0.15) is 31.2 Å². The first kappa shape index (κ1) is 14.8. The third-order valence-electron chi connectivity index (χ3n) is 3.48. The van der Waals surface area contributed by atoms with E-state index in [4.69, 9.17) is 0 Å². The van der Waals surface area contributed by atoms with E-state index in [-0.39, 0.29) is 0 Å². The monoisotopic (exact) mass is 347 g/mol. The van der Waals surface area contributed by atoms with Crippen LogP contribution in [-0.2, 0) is 10.0 Å². The molecule has 2 atom stereocenters. The summed E-state index contributed by atoms with van der Waals surface area (Å²) in [4.78, 5) is 0. The Bertz CT molecular complexity index is 559. The van der Waals surface area contributed by atoms with Crippen molar-refractivity contribution in [1.82, 2.24) is 0 Å². The second-order valence-corrected chi connectivity index (χ2v) is 7.76. The molecule has 19 heavy (non-hydrogen) atoms. The van der Waals surface area contributed by atoms with Gasteiger partial charge in [0, 0.05) is 10.2 Å². The van der Waals surface area contributed by atoms with Gasteiger partial charge in [0.2, 0.25) is 10.0 Å². The number of sulfonamides is 1. The van der Waals surface area contributed by atoms with Gasteiger partial charge in [-0.1, -0.05) is 28.8 Å². The number of rotatable bonds is 3. The molecule has 2 rings (SSSR count). The Morgan fingerprint density at radius 2 is 2.00 bits per heavy atom. The molecule has 0 heterocycles. The van der Waals surface area contributed by atoms with E-state index in [0.29, 0.717) is 18.5 Å². The summed E-state index contributed by atoms with van der Waals surface area (Å²) < 4.78 is 28.1. The van der Waals surface area contributed by atoms with Crippen molar-refractivity contribution in [2.75, 3.05) is 4.72 Å². The van der Waals surface area contributed by atoms with Gasteiger partial charge in [-0.15, -0.1) is 0 Å². The van der Waals surface area contributed by atoms with E-state index in [1.54, 1.807) is 12.1 Å². The molecule has 2 unspecified atom stereocenters. The fourth-order valence-electron chi connectivity index (χ4n) is 2.39. The van der Waals surface area contributed by atoms with Gasteiger partial charge in [-0.3, -0.25) is 4.72 Å². The highest BCUT2D eigenvalue weighted by Crippen LogP contribution is 2.27. The maximum atomic E-state index is 12.3. The molecule has 0 saturated heterocycles. The summed E-state index contributed by atoms with van der Waals surface area (Å²) in [5.74, 6) is 0. The van der Waals surface area contributed by atoms with Crippen molar-refractivity contribution in [2.24, 2.45) is 0 Å². The largest absolute Gasteiger partial charge is 0.392 e. The van der Waals surface area contributed by atoms with Crippen LogP contribution in [0.3, 0.4) is 0 Å². The molecule has 1 fully saturated rings. The van der Waals surface area contributed by atoms with E-state index in [2.05, 4.69) is 20.7 Å². The van der Waals surface area contributed by atoms with Gasteiger partial charge in [-0.05, 0) is 43.5 Å². The molecule has 2 N–H and O–H groups in total. The van der Waals surface area contributed by atoms with Gasteiger partial charge in [-0.2, -0.15) is 0 Å². The van der Waals surface area contributed by atoms with Crippen molar-refractivity contribution in [3.8, 4) is 0 Å². The van der Waals surface area contributed by atoms with E-state index in [1.807, 2.05) is 13.0 Å². The molecule has 0 aromatic heterocycles. The van der Waals surface area contributed by atoms with E-state index in [9.17, 15) is 13.5 Å². The third kappa shape index (κ3) is 3.49. The van der Waals surface area contributed by atoms with E-state index < -0.39 is 21.4 Å². The first-order chi connectivity index (χ1) is 8.90. The Morgan fingerprint density at radius 3 is 2.63 bits per heavy atom. The molecule has 0 radical (unpaired) electrons. The smallest absolute Gasteiger partial charge is 0.238 e. The van der Waals surface area contributed by atoms with Gasteiger partial charge in [0.05, 0.1) is 6.10 Å². The van der Waals surface area contributed by atoms with Crippen LogP contribution in [0.4, 0.5) is 5.69 Å². The zero-order valence-corrected chi connectivity index (χ0v) is 13.2. The SMILES string of the molecule is Cc1cc(NS(=O)(=O)C2CCCCC2O)ccc1Br. The molecule has 0 amide bonds. The van der Waals surface area contributed by atoms with E-state index in [0.717, 1.165) is 22.9 Å². The molecule has 1 aromatic carbocycles. The van der Waals surface area contributed by atoms with Crippen LogP contribution >= 0.6 is 15.9 Å². The summed E-state index contributed by atoms with van der Waals surface area (Å²) in [7, 11) is -3.53. The predicted molar refractivity (Wildman–Crippen MR) is 79.7 cm³/mol. The molecule has 0 spiro atoms. The summed E-state index contributed by atoms with van der Waals surface area (Å²) in [6, 6.07) is 5.30. The number of hydrogen-bond acceptors (Lipinski definition) is 3. The molecule has 1 saturated carbocycles. The maximum absolute atomic E-state index is 12.3. The highest BCUT2D eigenvalue weighted by molar-refractivity contribution is 9.10. The lowest BCUT2D eigenvalue weighted by Gasteiger charge is -2.27. The van der Waals surface area contributed by atoms with Gasteiger partial charge >= 0.3 is 0 Å². The van der Waals surface area contributed by atoms with Gasteiger partial charge < -0.3 is 5.11 Å². The van der Waals surface area contributed by atoms with Crippen molar-refractivity contribution >= 4 is 31.6 Å². The Morgan fingerprint density at radius 1 is 1.32 bits per heavy atom. The zero-order chi connectivity index (χ0) is 14.0. The normalized spacial score (nSPS) is 24.2. The molecule has 4 nitrogen and oxygen atoms in total. The Kier molecular flexibility index (Phi) is 4.53. The summed E-state index contributed by atoms with van der Waals surface area (Å²) in [5, 5.41) is 9.15. The number of halogens is 1. The topological polar surface area (TPSA) is 66.4 Å². The number of hydrogen-bond donors (Lipinski definition) is 2. The quantitative estimate of drug-likeness (QED) is 0.883. The lowest BCUT2D eigenvalue weighted by molar-refractivity contribution is 0.133. The van der Waals surface area contributed by atoms with Crippen LogP contribution in [0, 0.1) is 6.92 Å². The predicted octanol–water partition coefficient (Wildman–Crippen LogP) is 2.80. The average molecular weight is 348 g/mol. The number of aryl methyl sites for hydroxylation is 1. The van der Waals surface area contributed by atoms with Crippen LogP contribution in [0.25, 0.3) is 0 Å². The van der Waals surface area contributed by atoms with Crippen molar-refractivity contribution in [3.63, 3.8) is 0 Å². The molecule has 106 valence electrons. The fraction of sp³-hybridized carbons (Fsp3) is 0.538. The van der Waals surface area contributed by atoms with Crippen LogP contribution in [0.5, 0.6) is 0 Å². The molecular formula is C13H18BrNO3S. The van der Waals surface area contributed by atoms with E-state index >= 15 is 0 Å². The maximum Gasteiger partial charge on any atom is 0.238 e. The second kappa shape index (κ2) is 5.81. The Balaban J connectivity index is 2.18. The minimum absolute atomic E-state index is 0.520. The van der Waals surface area contributed by atoms with E-state index in [1.165, 1.54) is 0 Å². The summed E-state index contributed by atoms with van der Waals surface area (Å²) in [5.41, 5.74) is 1.50. The second-order valence-electron chi connectivity index (χ2n) is 5.00. The lowest BCUT2D eigenvalue weighted by atomic mass is 9.97. The van der Waals surface area contributed by atoms with Crippen molar-refractivity contribution in [1.29, 1.82) is 0 Å². The molecule has 1 aliphatic rings. The summed E-state index contributed by atoms with van der Waals surface area (Å²) in [6.07, 6.45) is 2.06.